The van der Waals surface area contributed by atoms with Gasteiger partial charge in [0.15, 0.2) is 11.8 Å². The zero-order valence-corrected chi connectivity index (χ0v) is 13.6. The predicted octanol–water partition coefficient (Wildman–Crippen LogP) is 4.34. The lowest BCUT2D eigenvalue weighted by Gasteiger charge is -2.06. The topological polar surface area (TPSA) is 29.9 Å². The summed E-state index contributed by atoms with van der Waals surface area (Å²) in [4.78, 5) is 4.63. The van der Waals surface area contributed by atoms with Crippen LogP contribution in [0.1, 0.15) is 18.2 Å². The first-order valence-electron chi connectivity index (χ1n) is 7.95. The summed E-state index contributed by atoms with van der Waals surface area (Å²) in [7, 11) is 2.07. The Kier molecular flexibility index (Phi) is 3.15. The second-order valence-corrected chi connectivity index (χ2v) is 5.94. The smallest absolute Gasteiger partial charge is 0.218 e. The Balaban J connectivity index is 2.12. The van der Waals surface area contributed by atoms with Gasteiger partial charge in [-0.3, -0.25) is 4.98 Å². The summed E-state index contributed by atoms with van der Waals surface area (Å²) >= 11 is 0. The fraction of sp³-hybridized carbons (Fsp3) is 0.200. The number of nitrogens with zero attached hydrogens (tertiary/aromatic N) is 2. The molecule has 0 aliphatic carbocycles. The van der Waals surface area contributed by atoms with Crippen LogP contribution in [0, 0.1) is 6.92 Å². The molecule has 0 atom stereocenters. The molecular formula is C20H19N2O+. The van der Waals surface area contributed by atoms with Gasteiger partial charge in [-0.15, -0.1) is 0 Å². The molecule has 3 heteroatoms. The number of rotatable bonds is 2. The third-order valence-electron chi connectivity index (χ3n) is 4.49. The molecule has 3 nitrogen and oxygen atoms in total. The van der Waals surface area contributed by atoms with Gasteiger partial charge >= 0.3 is 0 Å². The number of benzene rings is 1. The molecule has 3 aromatic heterocycles. The first-order valence-corrected chi connectivity index (χ1v) is 7.95. The molecule has 0 aliphatic rings. The monoisotopic (exact) mass is 303 g/mol. The predicted molar refractivity (Wildman–Crippen MR) is 92.2 cm³/mol. The Hall–Kier alpha value is -2.68. The first-order chi connectivity index (χ1) is 11.2. The molecule has 114 valence electrons. The van der Waals surface area contributed by atoms with Crippen molar-refractivity contribution >= 4 is 21.9 Å². The maximum atomic E-state index is 6.19. The molecule has 0 N–H and O–H groups in total. The van der Waals surface area contributed by atoms with Crippen molar-refractivity contribution in [3.63, 3.8) is 0 Å². The van der Waals surface area contributed by atoms with E-state index in [9.17, 15) is 0 Å². The van der Waals surface area contributed by atoms with Crippen LogP contribution in [0.25, 0.3) is 33.2 Å². The van der Waals surface area contributed by atoms with Crippen molar-refractivity contribution in [3.8, 4) is 11.3 Å². The fourth-order valence-electron chi connectivity index (χ4n) is 3.15. The Morgan fingerprint density at radius 2 is 1.96 bits per heavy atom. The van der Waals surface area contributed by atoms with Crippen molar-refractivity contribution in [2.24, 2.45) is 7.05 Å². The number of hydrogen-bond donors (Lipinski definition) is 0. The van der Waals surface area contributed by atoms with E-state index in [-0.39, 0.29) is 0 Å². The van der Waals surface area contributed by atoms with Gasteiger partial charge in [-0.2, -0.15) is 0 Å². The SMILES string of the molecule is CCc1cc[n+](C)c(-c2c(C)ncc3c2oc2ccccc23)c1. The molecule has 0 bridgehead atoms. The minimum atomic E-state index is 0.908. The molecule has 23 heavy (non-hydrogen) atoms. The third-order valence-corrected chi connectivity index (χ3v) is 4.49. The molecule has 0 saturated heterocycles. The van der Waals surface area contributed by atoms with Gasteiger partial charge in [-0.25, -0.2) is 4.57 Å². The van der Waals surface area contributed by atoms with Gasteiger partial charge in [0, 0.05) is 29.1 Å². The maximum Gasteiger partial charge on any atom is 0.218 e. The highest BCUT2D eigenvalue weighted by atomic mass is 16.3. The Bertz CT molecular complexity index is 1030. The van der Waals surface area contributed by atoms with E-state index >= 15 is 0 Å². The number of hydrogen-bond acceptors (Lipinski definition) is 2. The highest BCUT2D eigenvalue weighted by Crippen LogP contribution is 2.35. The van der Waals surface area contributed by atoms with E-state index < -0.39 is 0 Å². The molecule has 4 rings (SSSR count). The fourth-order valence-corrected chi connectivity index (χ4v) is 3.15. The normalized spacial score (nSPS) is 11.4. The molecule has 0 saturated carbocycles. The second-order valence-electron chi connectivity index (χ2n) is 5.94. The molecule has 0 unspecified atom stereocenters. The highest BCUT2D eigenvalue weighted by Gasteiger charge is 2.21. The van der Waals surface area contributed by atoms with Crippen molar-refractivity contribution in [3.05, 3.63) is 60.0 Å². The molecule has 0 radical (unpaired) electrons. The third kappa shape index (κ3) is 2.12. The molecule has 3 heterocycles. The lowest BCUT2D eigenvalue weighted by Crippen LogP contribution is -2.30. The van der Waals surface area contributed by atoms with E-state index in [1.807, 2.05) is 31.3 Å². The van der Waals surface area contributed by atoms with E-state index in [0.717, 1.165) is 45.3 Å². The molecule has 0 amide bonds. The zero-order chi connectivity index (χ0) is 16.0. The van der Waals surface area contributed by atoms with Crippen LogP contribution in [0.3, 0.4) is 0 Å². The Morgan fingerprint density at radius 3 is 2.78 bits per heavy atom. The van der Waals surface area contributed by atoms with Gasteiger partial charge in [0.05, 0.1) is 5.69 Å². The van der Waals surface area contributed by atoms with Gasteiger partial charge in [0.2, 0.25) is 5.69 Å². The Morgan fingerprint density at radius 1 is 1.13 bits per heavy atom. The van der Waals surface area contributed by atoms with Crippen LogP contribution in [0.15, 0.2) is 53.2 Å². The van der Waals surface area contributed by atoms with E-state index in [1.54, 1.807) is 0 Å². The molecular weight excluding hydrogens is 284 g/mol. The summed E-state index contributed by atoms with van der Waals surface area (Å²) in [5.74, 6) is 0. The van der Waals surface area contributed by atoms with Crippen LogP contribution >= 0.6 is 0 Å². The van der Waals surface area contributed by atoms with E-state index in [2.05, 4.69) is 47.9 Å². The molecule has 1 aromatic carbocycles. The number of furan rings is 1. The van der Waals surface area contributed by atoms with E-state index in [1.165, 1.54) is 5.56 Å². The highest BCUT2D eigenvalue weighted by molar-refractivity contribution is 6.08. The maximum absolute atomic E-state index is 6.19. The van der Waals surface area contributed by atoms with Crippen LogP contribution < -0.4 is 4.57 Å². The van der Waals surface area contributed by atoms with Crippen molar-refractivity contribution in [2.75, 3.05) is 0 Å². The number of pyridine rings is 2. The number of fused-ring (bicyclic) bond motifs is 3. The summed E-state index contributed by atoms with van der Waals surface area (Å²) in [5.41, 5.74) is 6.34. The van der Waals surface area contributed by atoms with Crippen LogP contribution in [0.5, 0.6) is 0 Å². The molecule has 0 spiro atoms. The quantitative estimate of drug-likeness (QED) is 0.515. The first kappa shape index (κ1) is 13.9. The standard InChI is InChI=1S/C20H19N2O/c1-4-14-9-10-22(3)17(11-14)19-13(2)21-12-16-15-7-5-6-8-18(15)23-20(16)19/h5-12H,4H2,1-3H3/q+1. The number of aromatic nitrogens is 2. The van der Waals surface area contributed by atoms with Gasteiger partial charge < -0.3 is 4.42 Å². The van der Waals surface area contributed by atoms with Gasteiger partial charge in [0.1, 0.15) is 18.2 Å². The van der Waals surface area contributed by atoms with Gasteiger partial charge in [-0.05, 0) is 25.0 Å². The molecule has 0 fully saturated rings. The summed E-state index contributed by atoms with van der Waals surface area (Å²) in [6, 6.07) is 12.5. The largest absolute Gasteiger partial charge is 0.455 e. The van der Waals surface area contributed by atoms with Crippen LogP contribution in [-0.4, -0.2) is 4.98 Å². The summed E-state index contributed by atoms with van der Waals surface area (Å²) in [6.45, 7) is 4.21. The lowest BCUT2D eigenvalue weighted by molar-refractivity contribution is -0.660. The van der Waals surface area contributed by atoms with Crippen LogP contribution in [0.2, 0.25) is 0 Å². The van der Waals surface area contributed by atoms with Crippen molar-refractivity contribution < 1.29 is 8.98 Å². The van der Waals surface area contributed by atoms with E-state index in [0.29, 0.717) is 0 Å². The summed E-state index contributed by atoms with van der Waals surface area (Å²) in [5, 5.41) is 2.19. The minimum Gasteiger partial charge on any atom is -0.455 e. The average Bonchev–Trinajstić information content (AvgIpc) is 2.94. The van der Waals surface area contributed by atoms with Crippen molar-refractivity contribution in [2.45, 2.75) is 20.3 Å². The summed E-state index contributed by atoms with van der Waals surface area (Å²) < 4.78 is 8.33. The van der Waals surface area contributed by atoms with Crippen LogP contribution in [0.4, 0.5) is 0 Å². The zero-order valence-electron chi connectivity index (χ0n) is 13.6. The molecule has 0 aliphatic heterocycles. The lowest BCUT2D eigenvalue weighted by atomic mass is 10.0. The summed E-state index contributed by atoms with van der Waals surface area (Å²) in [6.07, 6.45) is 5.04. The van der Waals surface area contributed by atoms with Crippen LogP contribution in [-0.2, 0) is 13.5 Å². The minimum absolute atomic E-state index is 0.908. The second kappa shape index (κ2) is 5.20. The van der Waals surface area contributed by atoms with Gasteiger partial charge in [0.25, 0.3) is 0 Å². The van der Waals surface area contributed by atoms with E-state index in [4.69, 9.17) is 4.42 Å². The van der Waals surface area contributed by atoms with Crippen molar-refractivity contribution in [1.82, 2.24) is 4.98 Å². The number of para-hydroxylation sites is 1. The number of aryl methyl sites for hydroxylation is 3. The molecule has 4 aromatic rings. The van der Waals surface area contributed by atoms with Crippen molar-refractivity contribution in [1.29, 1.82) is 0 Å². The average molecular weight is 303 g/mol. The Labute approximate surface area is 135 Å². The van der Waals surface area contributed by atoms with Gasteiger partial charge in [-0.1, -0.05) is 25.1 Å².